The second kappa shape index (κ2) is 10.6. The van der Waals surface area contributed by atoms with Gasteiger partial charge in [-0.3, -0.25) is 4.90 Å². The zero-order valence-corrected chi connectivity index (χ0v) is 15.2. The number of aliphatic imine (C=N–C) groups is 1. The molecule has 1 aliphatic heterocycles. The molecule has 1 aromatic carbocycles. The summed E-state index contributed by atoms with van der Waals surface area (Å²) in [5, 5.41) is 3.16. The van der Waals surface area contributed by atoms with Gasteiger partial charge >= 0.3 is 6.09 Å². The van der Waals surface area contributed by atoms with Crippen molar-refractivity contribution in [3.05, 3.63) is 29.8 Å². The Bertz CT molecular complexity index is 557. The number of nitrogens with zero attached hydrogens (tertiary/aromatic N) is 2. The van der Waals surface area contributed by atoms with Crippen LogP contribution in [0.1, 0.15) is 51.0 Å². The fraction of sp³-hybridized carbons (Fsp3) is 0.579. The number of hydrogen-bond acceptors (Lipinski definition) is 3. The fourth-order valence-corrected chi connectivity index (χ4v) is 2.76. The highest BCUT2D eigenvalue weighted by Crippen LogP contribution is 2.19. The van der Waals surface area contributed by atoms with Gasteiger partial charge in [0.15, 0.2) is 5.96 Å². The average molecular weight is 346 g/mol. The molecule has 1 amide bonds. The Hall–Kier alpha value is -2.24. The van der Waals surface area contributed by atoms with Crippen LogP contribution < -0.4 is 16.0 Å². The van der Waals surface area contributed by atoms with Crippen molar-refractivity contribution >= 4 is 17.7 Å². The molecular formula is C19H30N4O2. The SMILES string of the molecule is CCCCCCCCNC(N)=NCc1ccc(N2CCOC2=O)cc1. The molecule has 0 bridgehead atoms. The summed E-state index contributed by atoms with van der Waals surface area (Å²) in [6.45, 7) is 4.68. The number of carbonyl (C=O) groups excluding carboxylic acids is 1. The molecule has 1 aromatic rings. The van der Waals surface area contributed by atoms with Crippen molar-refractivity contribution in [1.82, 2.24) is 5.32 Å². The molecule has 0 unspecified atom stereocenters. The molecular weight excluding hydrogens is 316 g/mol. The lowest BCUT2D eigenvalue weighted by Crippen LogP contribution is -2.32. The number of carbonyl (C=O) groups is 1. The van der Waals surface area contributed by atoms with Crippen LogP contribution in [-0.2, 0) is 11.3 Å². The van der Waals surface area contributed by atoms with Gasteiger partial charge in [0.25, 0.3) is 0 Å². The van der Waals surface area contributed by atoms with E-state index in [1.165, 1.54) is 32.1 Å². The van der Waals surface area contributed by atoms with Crippen LogP contribution in [0.5, 0.6) is 0 Å². The molecule has 0 radical (unpaired) electrons. The van der Waals surface area contributed by atoms with E-state index in [0.29, 0.717) is 25.7 Å². The monoisotopic (exact) mass is 346 g/mol. The highest BCUT2D eigenvalue weighted by molar-refractivity contribution is 5.89. The Labute approximate surface area is 150 Å². The number of amides is 1. The summed E-state index contributed by atoms with van der Waals surface area (Å²) >= 11 is 0. The van der Waals surface area contributed by atoms with Gasteiger partial charge < -0.3 is 15.8 Å². The molecule has 0 aliphatic carbocycles. The van der Waals surface area contributed by atoms with E-state index in [0.717, 1.165) is 24.2 Å². The summed E-state index contributed by atoms with van der Waals surface area (Å²) < 4.78 is 4.94. The predicted octanol–water partition coefficient (Wildman–Crippen LogP) is 3.41. The van der Waals surface area contributed by atoms with Crippen LogP contribution >= 0.6 is 0 Å². The smallest absolute Gasteiger partial charge is 0.414 e. The van der Waals surface area contributed by atoms with Gasteiger partial charge in [0, 0.05) is 12.2 Å². The summed E-state index contributed by atoms with van der Waals surface area (Å²) in [6.07, 6.45) is 7.31. The quantitative estimate of drug-likeness (QED) is 0.386. The highest BCUT2D eigenvalue weighted by atomic mass is 16.6. The molecule has 1 aliphatic rings. The number of ether oxygens (including phenoxy) is 1. The van der Waals surface area contributed by atoms with E-state index >= 15 is 0 Å². The Morgan fingerprint density at radius 2 is 1.92 bits per heavy atom. The third-order valence-electron chi connectivity index (χ3n) is 4.28. The van der Waals surface area contributed by atoms with Crippen molar-refractivity contribution in [2.45, 2.75) is 52.0 Å². The van der Waals surface area contributed by atoms with Crippen molar-refractivity contribution in [2.24, 2.45) is 10.7 Å². The molecule has 0 atom stereocenters. The lowest BCUT2D eigenvalue weighted by Gasteiger charge is -2.12. The molecule has 0 spiro atoms. The standard InChI is InChI=1S/C19H30N4O2/c1-2-3-4-5-6-7-12-21-18(20)22-15-16-8-10-17(11-9-16)23-13-14-25-19(23)24/h8-11H,2-7,12-15H2,1H3,(H3,20,21,22). The third kappa shape index (κ3) is 6.64. The van der Waals surface area contributed by atoms with Crippen LogP contribution in [0.25, 0.3) is 0 Å². The van der Waals surface area contributed by atoms with Crippen molar-refractivity contribution < 1.29 is 9.53 Å². The molecule has 2 rings (SSSR count). The Kier molecular flexibility index (Phi) is 8.09. The average Bonchev–Trinajstić information content (AvgIpc) is 3.05. The number of rotatable bonds is 10. The van der Waals surface area contributed by atoms with E-state index in [-0.39, 0.29) is 6.09 Å². The second-order valence-electron chi connectivity index (χ2n) is 6.33. The van der Waals surface area contributed by atoms with E-state index in [4.69, 9.17) is 10.5 Å². The number of anilines is 1. The number of guanidine groups is 1. The van der Waals surface area contributed by atoms with Gasteiger partial charge in [-0.2, -0.15) is 0 Å². The first kappa shape index (κ1) is 19.1. The number of nitrogens with two attached hydrogens (primary N) is 1. The van der Waals surface area contributed by atoms with Gasteiger partial charge in [-0.05, 0) is 24.1 Å². The van der Waals surface area contributed by atoms with Crippen LogP contribution in [-0.4, -0.2) is 31.7 Å². The molecule has 6 heteroatoms. The second-order valence-corrected chi connectivity index (χ2v) is 6.33. The Morgan fingerprint density at radius 1 is 1.20 bits per heavy atom. The normalized spacial score (nSPS) is 14.7. The molecule has 1 saturated heterocycles. The van der Waals surface area contributed by atoms with E-state index in [9.17, 15) is 4.79 Å². The topological polar surface area (TPSA) is 79.9 Å². The number of cyclic esters (lactones) is 1. The maximum Gasteiger partial charge on any atom is 0.414 e. The van der Waals surface area contributed by atoms with Crippen LogP contribution in [0.3, 0.4) is 0 Å². The lowest BCUT2D eigenvalue weighted by molar-refractivity contribution is 0.181. The largest absolute Gasteiger partial charge is 0.447 e. The van der Waals surface area contributed by atoms with E-state index in [2.05, 4.69) is 17.2 Å². The zero-order chi connectivity index (χ0) is 17.9. The fourth-order valence-electron chi connectivity index (χ4n) is 2.76. The molecule has 6 nitrogen and oxygen atoms in total. The molecule has 1 fully saturated rings. The molecule has 0 aromatic heterocycles. The van der Waals surface area contributed by atoms with Crippen LogP contribution in [0.2, 0.25) is 0 Å². The minimum atomic E-state index is -0.283. The summed E-state index contributed by atoms with van der Waals surface area (Å²) in [6, 6.07) is 7.76. The van der Waals surface area contributed by atoms with Crippen LogP contribution in [0.15, 0.2) is 29.3 Å². The number of hydrogen-bond donors (Lipinski definition) is 2. The van der Waals surface area contributed by atoms with Crippen LogP contribution in [0, 0.1) is 0 Å². The summed E-state index contributed by atoms with van der Waals surface area (Å²) in [7, 11) is 0. The summed E-state index contributed by atoms with van der Waals surface area (Å²) in [5.41, 5.74) is 7.81. The number of unbranched alkanes of at least 4 members (excludes halogenated alkanes) is 5. The number of benzene rings is 1. The molecule has 3 N–H and O–H groups in total. The molecule has 0 saturated carbocycles. The predicted molar refractivity (Wildman–Crippen MR) is 102 cm³/mol. The third-order valence-corrected chi connectivity index (χ3v) is 4.28. The first-order valence-electron chi connectivity index (χ1n) is 9.27. The Balaban J connectivity index is 1.67. The van der Waals surface area contributed by atoms with E-state index in [1.54, 1.807) is 4.90 Å². The van der Waals surface area contributed by atoms with Crippen LogP contribution in [0.4, 0.5) is 10.5 Å². The lowest BCUT2D eigenvalue weighted by atomic mass is 10.1. The molecule has 25 heavy (non-hydrogen) atoms. The summed E-state index contributed by atoms with van der Waals surface area (Å²) in [5.74, 6) is 0.487. The maximum absolute atomic E-state index is 11.5. The van der Waals surface area contributed by atoms with Gasteiger partial charge in [0.2, 0.25) is 0 Å². The zero-order valence-electron chi connectivity index (χ0n) is 15.2. The van der Waals surface area contributed by atoms with Gasteiger partial charge in [0.05, 0.1) is 13.1 Å². The first-order valence-corrected chi connectivity index (χ1v) is 9.27. The van der Waals surface area contributed by atoms with Gasteiger partial charge in [0.1, 0.15) is 6.61 Å². The minimum Gasteiger partial charge on any atom is -0.447 e. The van der Waals surface area contributed by atoms with Gasteiger partial charge in [-0.1, -0.05) is 51.2 Å². The van der Waals surface area contributed by atoms with Gasteiger partial charge in [-0.25, -0.2) is 9.79 Å². The molecule has 138 valence electrons. The maximum atomic E-state index is 11.5. The minimum absolute atomic E-state index is 0.283. The molecule has 1 heterocycles. The van der Waals surface area contributed by atoms with Gasteiger partial charge in [-0.15, -0.1) is 0 Å². The Morgan fingerprint density at radius 3 is 2.60 bits per heavy atom. The van der Waals surface area contributed by atoms with Crippen molar-refractivity contribution in [3.8, 4) is 0 Å². The highest BCUT2D eigenvalue weighted by Gasteiger charge is 2.23. The van der Waals surface area contributed by atoms with E-state index < -0.39 is 0 Å². The van der Waals surface area contributed by atoms with Crippen molar-refractivity contribution in [3.63, 3.8) is 0 Å². The van der Waals surface area contributed by atoms with Crippen molar-refractivity contribution in [2.75, 3.05) is 24.6 Å². The van der Waals surface area contributed by atoms with Crippen molar-refractivity contribution in [1.29, 1.82) is 0 Å². The first-order chi connectivity index (χ1) is 12.2. The number of nitrogens with one attached hydrogen (secondary N) is 1. The summed E-state index contributed by atoms with van der Waals surface area (Å²) in [4.78, 5) is 17.5. The van der Waals surface area contributed by atoms with E-state index in [1.807, 2.05) is 24.3 Å².